The van der Waals surface area contributed by atoms with Crippen molar-refractivity contribution in [1.29, 1.82) is 0 Å². The van der Waals surface area contributed by atoms with Gasteiger partial charge in [-0.05, 0) is 19.1 Å². The minimum Gasteiger partial charge on any atom is -0.496 e. The second kappa shape index (κ2) is 8.47. The highest BCUT2D eigenvalue weighted by molar-refractivity contribution is 6.43. The van der Waals surface area contributed by atoms with Crippen molar-refractivity contribution in [3.63, 3.8) is 0 Å². The SMILES string of the molecule is COc1ccccc1CNC(=O)C(C)Oc1cc(Cl)c(Cl)cc1Cl. The fourth-order valence-corrected chi connectivity index (χ4v) is 2.60. The maximum absolute atomic E-state index is 12.2. The average molecular weight is 389 g/mol. The zero-order valence-corrected chi connectivity index (χ0v) is 15.4. The van der Waals surface area contributed by atoms with Gasteiger partial charge in [0, 0.05) is 18.2 Å². The summed E-state index contributed by atoms with van der Waals surface area (Å²) in [6.45, 7) is 1.95. The maximum Gasteiger partial charge on any atom is 0.261 e. The molecule has 0 aliphatic heterocycles. The lowest BCUT2D eigenvalue weighted by atomic mass is 10.2. The van der Waals surface area contributed by atoms with E-state index in [0.717, 1.165) is 5.56 Å². The van der Waals surface area contributed by atoms with E-state index in [-0.39, 0.29) is 10.9 Å². The summed E-state index contributed by atoms with van der Waals surface area (Å²) in [5.74, 6) is 0.716. The Labute approximate surface area is 155 Å². The molecule has 0 saturated heterocycles. The van der Waals surface area contributed by atoms with Crippen molar-refractivity contribution in [3.05, 3.63) is 57.0 Å². The Morgan fingerprint density at radius 3 is 2.46 bits per heavy atom. The Bertz CT molecular complexity index is 737. The molecular weight excluding hydrogens is 373 g/mol. The van der Waals surface area contributed by atoms with Gasteiger partial charge >= 0.3 is 0 Å². The molecule has 0 saturated carbocycles. The van der Waals surface area contributed by atoms with Crippen LogP contribution < -0.4 is 14.8 Å². The van der Waals surface area contributed by atoms with Crippen LogP contribution in [0.2, 0.25) is 15.1 Å². The Kier molecular flexibility index (Phi) is 6.60. The van der Waals surface area contributed by atoms with Crippen LogP contribution in [-0.2, 0) is 11.3 Å². The number of rotatable bonds is 6. The quantitative estimate of drug-likeness (QED) is 0.727. The Balaban J connectivity index is 1.99. The lowest BCUT2D eigenvalue weighted by molar-refractivity contribution is -0.127. The summed E-state index contributed by atoms with van der Waals surface area (Å²) in [5, 5.41) is 3.70. The molecule has 0 aromatic heterocycles. The smallest absolute Gasteiger partial charge is 0.261 e. The minimum atomic E-state index is -0.755. The zero-order chi connectivity index (χ0) is 17.7. The highest BCUT2D eigenvalue weighted by Gasteiger charge is 2.17. The molecule has 0 radical (unpaired) electrons. The third kappa shape index (κ3) is 4.69. The first-order valence-corrected chi connectivity index (χ1v) is 8.26. The average Bonchev–Trinajstić information content (AvgIpc) is 2.57. The molecule has 0 bridgehead atoms. The Hall–Kier alpha value is -1.62. The first-order chi connectivity index (χ1) is 11.4. The van der Waals surface area contributed by atoms with Gasteiger partial charge in [-0.25, -0.2) is 0 Å². The van der Waals surface area contributed by atoms with E-state index in [1.165, 1.54) is 12.1 Å². The summed E-state index contributed by atoms with van der Waals surface area (Å²) in [6, 6.07) is 10.4. The van der Waals surface area contributed by atoms with Gasteiger partial charge in [0.25, 0.3) is 5.91 Å². The molecule has 1 N–H and O–H groups in total. The molecule has 2 aromatic carbocycles. The van der Waals surface area contributed by atoms with Crippen molar-refractivity contribution < 1.29 is 14.3 Å². The van der Waals surface area contributed by atoms with Gasteiger partial charge in [0.15, 0.2) is 6.10 Å². The third-order valence-electron chi connectivity index (χ3n) is 3.29. The lowest BCUT2D eigenvalue weighted by Crippen LogP contribution is -2.36. The number of carbonyl (C=O) groups is 1. The van der Waals surface area contributed by atoms with E-state index >= 15 is 0 Å². The number of hydrogen-bond acceptors (Lipinski definition) is 3. The van der Waals surface area contributed by atoms with Gasteiger partial charge in [0.1, 0.15) is 11.5 Å². The van der Waals surface area contributed by atoms with Crippen molar-refractivity contribution in [2.24, 2.45) is 0 Å². The molecule has 1 unspecified atom stereocenters. The zero-order valence-electron chi connectivity index (χ0n) is 13.1. The van der Waals surface area contributed by atoms with Crippen LogP contribution in [0.25, 0.3) is 0 Å². The molecule has 1 atom stereocenters. The van der Waals surface area contributed by atoms with Crippen LogP contribution in [0.15, 0.2) is 36.4 Å². The first kappa shape index (κ1) is 18.7. The molecule has 0 aliphatic carbocycles. The molecule has 0 heterocycles. The van der Waals surface area contributed by atoms with Crippen LogP contribution in [-0.4, -0.2) is 19.1 Å². The number of amides is 1. The topological polar surface area (TPSA) is 47.6 Å². The van der Waals surface area contributed by atoms with Gasteiger partial charge in [0.05, 0.1) is 22.2 Å². The summed E-state index contributed by atoms with van der Waals surface area (Å²) < 4.78 is 10.8. The molecule has 24 heavy (non-hydrogen) atoms. The number of methoxy groups -OCH3 is 1. The van der Waals surface area contributed by atoms with E-state index in [9.17, 15) is 4.79 Å². The number of halogens is 3. The van der Waals surface area contributed by atoms with Crippen molar-refractivity contribution in [2.45, 2.75) is 19.6 Å². The van der Waals surface area contributed by atoms with E-state index in [0.29, 0.717) is 28.1 Å². The van der Waals surface area contributed by atoms with Gasteiger partial charge in [0.2, 0.25) is 0 Å². The van der Waals surface area contributed by atoms with E-state index in [2.05, 4.69) is 5.32 Å². The van der Waals surface area contributed by atoms with Crippen LogP contribution in [0.5, 0.6) is 11.5 Å². The van der Waals surface area contributed by atoms with E-state index in [1.54, 1.807) is 14.0 Å². The van der Waals surface area contributed by atoms with Crippen molar-refractivity contribution >= 4 is 40.7 Å². The standard InChI is InChI=1S/C17H16Cl3NO3/c1-10(24-16-8-13(19)12(18)7-14(16)20)17(22)21-9-11-5-3-4-6-15(11)23-2/h3-8,10H,9H2,1-2H3,(H,21,22). The fraction of sp³-hybridized carbons (Fsp3) is 0.235. The van der Waals surface area contributed by atoms with Gasteiger partial charge in [-0.3, -0.25) is 4.79 Å². The lowest BCUT2D eigenvalue weighted by Gasteiger charge is -2.17. The van der Waals surface area contributed by atoms with Gasteiger partial charge < -0.3 is 14.8 Å². The molecular formula is C17H16Cl3NO3. The first-order valence-electron chi connectivity index (χ1n) is 7.13. The van der Waals surface area contributed by atoms with Crippen molar-refractivity contribution in [1.82, 2.24) is 5.32 Å². The number of para-hydroxylation sites is 1. The second-order valence-corrected chi connectivity index (χ2v) is 6.21. The normalized spacial score (nSPS) is 11.7. The second-order valence-electron chi connectivity index (χ2n) is 4.99. The predicted molar refractivity (Wildman–Crippen MR) is 96.4 cm³/mol. The number of carbonyl (C=O) groups excluding carboxylic acids is 1. The van der Waals surface area contributed by atoms with Crippen LogP contribution in [0, 0.1) is 0 Å². The summed E-state index contributed by atoms with van der Waals surface area (Å²) in [7, 11) is 1.58. The highest BCUT2D eigenvalue weighted by atomic mass is 35.5. The highest BCUT2D eigenvalue weighted by Crippen LogP contribution is 2.34. The molecule has 0 aliphatic rings. The van der Waals surface area contributed by atoms with Crippen LogP contribution >= 0.6 is 34.8 Å². The van der Waals surface area contributed by atoms with E-state index in [1.807, 2.05) is 24.3 Å². The fourth-order valence-electron chi connectivity index (χ4n) is 2.01. The Morgan fingerprint density at radius 1 is 1.08 bits per heavy atom. The predicted octanol–water partition coefficient (Wildman–Crippen LogP) is 4.74. The number of hydrogen-bond donors (Lipinski definition) is 1. The number of benzene rings is 2. The van der Waals surface area contributed by atoms with Crippen molar-refractivity contribution in [2.75, 3.05) is 7.11 Å². The molecule has 4 nitrogen and oxygen atoms in total. The molecule has 128 valence electrons. The number of ether oxygens (including phenoxy) is 2. The van der Waals surface area contributed by atoms with Crippen LogP contribution in [0.3, 0.4) is 0 Å². The van der Waals surface area contributed by atoms with Crippen LogP contribution in [0.4, 0.5) is 0 Å². The van der Waals surface area contributed by atoms with Crippen LogP contribution in [0.1, 0.15) is 12.5 Å². The summed E-state index contributed by atoms with van der Waals surface area (Å²) in [4.78, 5) is 12.2. The summed E-state index contributed by atoms with van der Waals surface area (Å²) in [6.07, 6.45) is -0.755. The number of nitrogens with one attached hydrogen (secondary N) is 1. The van der Waals surface area contributed by atoms with Crippen molar-refractivity contribution in [3.8, 4) is 11.5 Å². The third-order valence-corrected chi connectivity index (χ3v) is 4.31. The summed E-state index contributed by atoms with van der Waals surface area (Å²) >= 11 is 17.9. The monoisotopic (exact) mass is 387 g/mol. The minimum absolute atomic E-state index is 0.286. The molecule has 2 rings (SSSR count). The van der Waals surface area contributed by atoms with Gasteiger partial charge in [-0.15, -0.1) is 0 Å². The largest absolute Gasteiger partial charge is 0.496 e. The Morgan fingerprint density at radius 2 is 1.75 bits per heavy atom. The molecule has 0 spiro atoms. The molecule has 2 aromatic rings. The van der Waals surface area contributed by atoms with Gasteiger partial charge in [-0.2, -0.15) is 0 Å². The molecule has 7 heteroatoms. The molecule has 0 fully saturated rings. The maximum atomic E-state index is 12.2. The molecule has 1 amide bonds. The van der Waals surface area contributed by atoms with E-state index in [4.69, 9.17) is 44.3 Å². The summed E-state index contributed by atoms with van der Waals surface area (Å²) in [5.41, 5.74) is 0.869. The van der Waals surface area contributed by atoms with Gasteiger partial charge in [-0.1, -0.05) is 53.0 Å². The van der Waals surface area contributed by atoms with E-state index < -0.39 is 6.10 Å².